The van der Waals surface area contributed by atoms with E-state index in [0.717, 1.165) is 4.90 Å². The highest BCUT2D eigenvalue weighted by Crippen LogP contribution is 2.20. The third-order valence-electron chi connectivity index (χ3n) is 4.78. The molecule has 0 aliphatic carbocycles. The number of ether oxygens (including phenoxy) is 1. The third-order valence-corrected chi connectivity index (χ3v) is 5.11. The van der Waals surface area contributed by atoms with Crippen LogP contribution in [-0.4, -0.2) is 52.7 Å². The zero-order valence-electron chi connectivity index (χ0n) is 18.2. The van der Waals surface area contributed by atoms with Crippen LogP contribution in [0.4, 0.5) is 5.69 Å². The molecule has 0 fully saturated rings. The second-order valence-electron chi connectivity index (χ2n) is 7.28. The van der Waals surface area contributed by atoms with Gasteiger partial charge in [0.05, 0.1) is 22.6 Å². The Morgan fingerprint density at radius 2 is 1.76 bits per heavy atom. The highest BCUT2D eigenvalue weighted by Gasteiger charge is 2.21. The van der Waals surface area contributed by atoms with E-state index in [4.69, 9.17) is 16.3 Å². The number of amides is 2. The smallest absolute Gasteiger partial charge is 0.359 e. The molecule has 0 saturated carbocycles. The number of rotatable bonds is 8. The average molecular weight is 471 g/mol. The van der Waals surface area contributed by atoms with E-state index in [2.05, 4.69) is 10.4 Å². The number of fused-ring (bicyclic) bond motifs is 1. The number of aryl methyl sites for hydroxylation is 1. The molecule has 33 heavy (non-hydrogen) atoms. The van der Waals surface area contributed by atoms with Gasteiger partial charge in [0, 0.05) is 19.0 Å². The molecule has 0 aliphatic rings. The van der Waals surface area contributed by atoms with E-state index in [-0.39, 0.29) is 17.8 Å². The molecule has 3 aromatic rings. The van der Waals surface area contributed by atoms with Crippen molar-refractivity contribution in [3.63, 3.8) is 0 Å². The maximum Gasteiger partial charge on any atom is 0.359 e. The Morgan fingerprint density at radius 1 is 1.09 bits per heavy atom. The second-order valence-corrected chi connectivity index (χ2v) is 7.68. The van der Waals surface area contributed by atoms with Gasteiger partial charge >= 0.3 is 5.97 Å². The summed E-state index contributed by atoms with van der Waals surface area (Å²) in [5.74, 6) is -1.87. The monoisotopic (exact) mass is 470 g/mol. The SMILES string of the molecule is CCCn1nc(C(=O)OCC(=O)N(C)CC(=O)Nc2ccccc2Cl)c2ccccc2c1=O. The topological polar surface area (TPSA) is 111 Å². The molecule has 1 heterocycles. The van der Waals surface area contributed by atoms with Crippen molar-refractivity contribution in [3.8, 4) is 0 Å². The lowest BCUT2D eigenvalue weighted by Crippen LogP contribution is -2.37. The van der Waals surface area contributed by atoms with Gasteiger partial charge in [-0.15, -0.1) is 0 Å². The predicted molar refractivity (Wildman–Crippen MR) is 124 cm³/mol. The van der Waals surface area contributed by atoms with E-state index in [9.17, 15) is 19.2 Å². The molecule has 0 unspecified atom stereocenters. The normalized spacial score (nSPS) is 10.6. The van der Waals surface area contributed by atoms with Crippen LogP contribution in [-0.2, 0) is 20.9 Å². The standard InChI is InChI=1S/C23H23ClN4O5/c1-3-12-28-22(31)16-9-5-4-8-15(16)21(26-28)23(32)33-14-20(30)27(2)13-19(29)25-18-11-7-6-10-17(18)24/h4-11H,3,12-14H2,1-2H3,(H,25,29). The van der Waals surface area contributed by atoms with Crippen LogP contribution in [0.15, 0.2) is 53.3 Å². The van der Waals surface area contributed by atoms with Crippen LogP contribution in [0.5, 0.6) is 0 Å². The number of carbonyl (C=O) groups is 3. The van der Waals surface area contributed by atoms with Crippen molar-refractivity contribution in [2.45, 2.75) is 19.9 Å². The Hall–Kier alpha value is -3.72. The number of para-hydroxylation sites is 1. The summed E-state index contributed by atoms with van der Waals surface area (Å²) in [5.41, 5.74) is 0.0755. The van der Waals surface area contributed by atoms with Gasteiger partial charge in [-0.1, -0.05) is 48.9 Å². The van der Waals surface area contributed by atoms with Crippen molar-refractivity contribution in [2.24, 2.45) is 0 Å². The Bertz CT molecular complexity index is 1260. The average Bonchev–Trinajstić information content (AvgIpc) is 2.80. The number of nitrogens with one attached hydrogen (secondary N) is 1. The van der Waals surface area contributed by atoms with Gasteiger partial charge in [-0.2, -0.15) is 5.10 Å². The number of anilines is 1. The summed E-state index contributed by atoms with van der Waals surface area (Å²) in [6.45, 7) is 1.38. The number of likely N-dealkylation sites (N-methyl/N-ethyl adjacent to an activating group) is 1. The minimum atomic E-state index is -0.835. The lowest BCUT2D eigenvalue weighted by atomic mass is 10.1. The maximum atomic E-state index is 12.7. The van der Waals surface area contributed by atoms with Gasteiger partial charge in [-0.05, 0) is 24.6 Å². The zero-order chi connectivity index (χ0) is 24.0. The number of hydrogen-bond acceptors (Lipinski definition) is 6. The van der Waals surface area contributed by atoms with E-state index in [1.807, 2.05) is 6.92 Å². The number of hydrogen-bond donors (Lipinski definition) is 1. The first-order valence-corrected chi connectivity index (χ1v) is 10.6. The molecule has 2 aromatic carbocycles. The molecule has 0 atom stereocenters. The summed E-state index contributed by atoms with van der Waals surface area (Å²) >= 11 is 6.01. The van der Waals surface area contributed by atoms with Gasteiger partial charge in [0.1, 0.15) is 0 Å². The molecule has 0 saturated heterocycles. The van der Waals surface area contributed by atoms with Crippen LogP contribution >= 0.6 is 11.6 Å². The minimum absolute atomic E-state index is 0.0504. The molecule has 0 spiro atoms. The highest BCUT2D eigenvalue weighted by atomic mass is 35.5. The van der Waals surface area contributed by atoms with Crippen molar-refractivity contribution >= 4 is 45.8 Å². The van der Waals surface area contributed by atoms with Crippen LogP contribution in [0.25, 0.3) is 10.8 Å². The fraction of sp³-hybridized carbons (Fsp3) is 0.261. The molecular weight excluding hydrogens is 448 g/mol. The van der Waals surface area contributed by atoms with E-state index in [0.29, 0.717) is 34.4 Å². The summed E-state index contributed by atoms with van der Waals surface area (Å²) in [6, 6.07) is 13.3. The first kappa shape index (κ1) is 23.9. The second kappa shape index (κ2) is 10.7. The fourth-order valence-corrected chi connectivity index (χ4v) is 3.29. The molecule has 1 N–H and O–H groups in total. The van der Waals surface area contributed by atoms with Gasteiger partial charge in [-0.25, -0.2) is 9.48 Å². The van der Waals surface area contributed by atoms with Gasteiger partial charge in [0.25, 0.3) is 11.5 Å². The van der Waals surface area contributed by atoms with E-state index in [1.54, 1.807) is 48.5 Å². The van der Waals surface area contributed by atoms with Crippen LogP contribution < -0.4 is 10.9 Å². The van der Waals surface area contributed by atoms with Crippen molar-refractivity contribution in [1.29, 1.82) is 0 Å². The molecule has 172 valence electrons. The Morgan fingerprint density at radius 3 is 2.45 bits per heavy atom. The van der Waals surface area contributed by atoms with Gasteiger partial charge in [0.2, 0.25) is 5.91 Å². The fourth-order valence-electron chi connectivity index (χ4n) is 3.11. The Kier molecular flexibility index (Phi) is 7.78. The molecule has 2 amide bonds. The zero-order valence-corrected chi connectivity index (χ0v) is 19.0. The van der Waals surface area contributed by atoms with Crippen molar-refractivity contribution in [1.82, 2.24) is 14.7 Å². The number of nitrogens with zero attached hydrogens (tertiary/aromatic N) is 3. The Balaban J connectivity index is 1.65. The summed E-state index contributed by atoms with van der Waals surface area (Å²) in [4.78, 5) is 51.0. The molecule has 0 aliphatic heterocycles. The Labute approximate surface area is 194 Å². The van der Waals surface area contributed by atoms with Crippen LogP contribution in [0, 0.1) is 0 Å². The van der Waals surface area contributed by atoms with Crippen LogP contribution in [0.3, 0.4) is 0 Å². The molecule has 3 rings (SSSR count). The van der Waals surface area contributed by atoms with E-state index in [1.165, 1.54) is 11.7 Å². The number of carbonyl (C=O) groups excluding carboxylic acids is 3. The quantitative estimate of drug-likeness (QED) is 0.507. The van der Waals surface area contributed by atoms with Crippen molar-refractivity contribution < 1.29 is 19.1 Å². The molecule has 10 heteroatoms. The van der Waals surface area contributed by atoms with E-state index < -0.39 is 24.4 Å². The van der Waals surface area contributed by atoms with Gasteiger partial charge < -0.3 is 15.0 Å². The van der Waals surface area contributed by atoms with Crippen molar-refractivity contribution in [3.05, 3.63) is 69.6 Å². The minimum Gasteiger partial charge on any atom is -0.451 e. The molecule has 0 radical (unpaired) electrons. The first-order valence-electron chi connectivity index (χ1n) is 10.3. The van der Waals surface area contributed by atoms with Crippen LogP contribution in [0.2, 0.25) is 5.02 Å². The van der Waals surface area contributed by atoms with Gasteiger partial charge in [0.15, 0.2) is 12.3 Å². The number of esters is 1. The summed E-state index contributed by atoms with van der Waals surface area (Å²) in [7, 11) is 1.41. The number of benzene rings is 2. The molecule has 0 bridgehead atoms. The molecule has 1 aromatic heterocycles. The maximum absolute atomic E-state index is 12.7. The highest BCUT2D eigenvalue weighted by molar-refractivity contribution is 6.33. The predicted octanol–water partition coefficient (Wildman–Crippen LogP) is 2.71. The van der Waals surface area contributed by atoms with E-state index >= 15 is 0 Å². The van der Waals surface area contributed by atoms with Gasteiger partial charge in [-0.3, -0.25) is 14.4 Å². The van der Waals surface area contributed by atoms with Crippen molar-refractivity contribution in [2.75, 3.05) is 25.5 Å². The van der Waals surface area contributed by atoms with Crippen LogP contribution in [0.1, 0.15) is 23.8 Å². The summed E-state index contributed by atoms with van der Waals surface area (Å²) in [5, 5.41) is 7.82. The molecule has 9 nitrogen and oxygen atoms in total. The lowest BCUT2D eigenvalue weighted by Gasteiger charge is -2.17. The first-order chi connectivity index (χ1) is 15.8. The molecular formula is C23H23ClN4O5. The number of aromatic nitrogens is 2. The third kappa shape index (κ3) is 5.75. The number of halogens is 1. The lowest BCUT2D eigenvalue weighted by molar-refractivity contribution is -0.136. The largest absolute Gasteiger partial charge is 0.451 e. The summed E-state index contributed by atoms with van der Waals surface area (Å²) < 4.78 is 6.36. The summed E-state index contributed by atoms with van der Waals surface area (Å²) in [6.07, 6.45) is 0.652.